The summed E-state index contributed by atoms with van der Waals surface area (Å²) in [5.74, 6) is 0.940. The summed E-state index contributed by atoms with van der Waals surface area (Å²) in [6, 6.07) is 6.21. The minimum Gasteiger partial charge on any atom is -0.486 e. The first-order chi connectivity index (χ1) is 7.00. The van der Waals surface area contributed by atoms with Crippen molar-refractivity contribution in [2.75, 3.05) is 6.54 Å². The summed E-state index contributed by atoms with van der Waals surface area (Å²) in [5, 5.41) is 0. The molecule has 1 aromatic carbocycles. The Balaban J connectivity index is 2.89. The van der Waals surface area contributed by atoms with Gasteiger partial charge in [0.05, 0.1) is 0 Å². The van der Waals surface area contributed by atoms with Crippen LogP contribution < -0.4 is 10.5 Å². The van der Waals surface area contributed by atoms with Crippen LogP contribution in [0.5, 0.6) is 5.75 Å². The molecule has 0 saturated heterocycles. The third kappa shape index (κ3) is 2.96. The lowest BCUT2D eigenvalue weighted by Gasteiger charge is -2.29. The Bertz CT molecular complexity index is 329. The van der Waals surface area contributed by atoms with Gasteiger partial charge in [0.25, 0.3) is 0 Å². The molecule has 84 valence electrons. The number of aryl methyl sites for hydroxylation is 2. The largest absolute Gasteiger partial charge is 0.486 e. The highest BCUT2D eigenvalue weighted by Gasteiger charge is 2.22. The summed E-state index contributed by atoms with van der Waals surface area (Å²) in [5.41, 5.74) is 7.90. The quantitative estimate of drug-likeness (QED) is 0.824. The van der Waals surface area contributed by atoms with Gasteiger partial charge in [0, 0.05) is 6.54 Å². The van der Waals surface area contributed by atoms with Crippen LogP contribution in [-0.4, -0.2) is 12.1 Å². The highest BCUT2D eigenvalue weighted by molar-refractivity contribution is 5.36. The van der Waals surface area contributed by atoms with Gasteiger partial charge in [-0.25, -0.2) is 0 Å². The molecule has 0 radical (unpaired) electrons. The normalized spacial score (nSPS) is 14.7. The zero-order valence-corrected chi connectivity index (χ0v) is 10.1. The highest BCUT2D eigenvalue weighted by atomic mass is 16.5. The molecule has 1 unspecified atom stereocenters. The Hall–Kier alpha value is -1.02. The fourth-order valence-corrected chi connectivity index (χ4v) is 1.44. The van der Waals surface area contributed by atoms with Crippen molar-refractivity contribution in [1.29, 1.82) is 0 Å². The molecule has 0 amide bonds. The van der Waals surface area contributed by atoms with E-state index in [-0.39, 0.29) is 5.60 Å². The van der Waals surface area contributed by atoms with Crippen molar-refractivity contribution in [3.05, 3.63) is 29.3 Å². The van der Waals surface area contributed by atoms with Gasteiger partial charge in [-0.1, -0.05) is 24.6 Å². The van der Waals surface area contributed by atoms with Crippen LogP contribution in [0.1, 0.15) is 31.4 Å². The van der Waals surface area contributed by atoms with E-state index in [1.165, 1.54) is 11.1 Å². The van der Waals surface area contributed by atoms with Gasteiger partial charge >= 0.3 is 0 Å². The van der Waals surface area contributed by atoms with E-state index in [0.717, 1.165) is 12.2 Å². The maximum absolute atomic E-state index is 5.96. The van der Waals surface area contributed by atoms with Gasteiger partial charge in [-0.15, -0.1) is 0 Å². The standard InChI is InChI=1S/C13H21NO/c1-5-13(4,9-14)15-12-7-6-10(2)8-11(12)3/h6-8H,5,9,14H2,1-4H3. The third-order valence-electron chi connectivity index (χ3n) is 2.87. The predicted molar refractivity (Wildman–Crippen MR) is 64.3 cm³/mol. The molecule has 0 bridgehead atoms. The van der Waals surface area contributed by atoms with Crippen LogP contribution in [0.25, 0.3) is 0 Å². The van der Waals surface area contributed by atoms with Crippen LogP contribution in [0.15, 0.2) is 18.2 Å². The number of nitrogens with two attached hydrogens (primary N) is 1. The molecular formula is C13H21NO. The smallest absolute Gasteiger partial charge is 0.123 e. The van der Waals surface area contributed by atoms with Crippen molar-refractivity contribution < 1.29 is 4.74 Å². The van der Waals surface area contributed by atoms with Gasteiger partial charge in [0.15, 0.2) is 0 Å². The lowest BCUT2D eigenvalue weighted by atomic mass is 10.0. The van der Waals surface area contributed by atoms with E-state index in [4.69, 9.17) is 10.5 Å². The molecule has 0 aliphatic rings. The van der Waals surface area contributed by atoms with Crippen LogP contribution in [-0.2, 0) is 0 Å². The predicted octanol–water partition coefficient (Wildman–Crippen LogP) is 2.81. The third-order valence-corrected chi connectivity index (χ3v) is 2.87. The second-order valence-electron chi connectivity index (χ2n) is 4.38. The van der Waals surface area contributed by atoms with Gasteiger partial charge in [-0.05, 0) is 38.8 Å². The molecule has 2 N–H and O–H groups in total. The molecule has 0 heterocycles. The first-order valence-electron chi connectivity index (χ1n) is 5.47. The van der Waals surface area contributed by atoms with Gasteiger partial charge in [-0.2, -0.15) is 0 Å². The summed E-state index contributed by atoms with van der Waals surface area (Å²) < 4.78 is 5.96. The Morgan fingerprint density at radius 2 is 2.00 bits per heavy atom. The number of ether oxygens (including phenoxy) is 1. The minimum atomic E-state index is -0.250. The summed E-state index contributed by atoms with van der Waals surface area (Å²) in [6.45, 7) is 8.83. The number of rotatable bonds is 4. The van der Waals surface area contributed by atoms with Crippen LogP contribution in [0.3, 0.4) is 0 Å². The van der Waals surface area contributed by atoms with Crippen LogP contribution >= 0.6 is 0 Å². The summed E-state index contributed by atoms with van der Waals surface area (Å²) in [4.78, 5) is 0. The highest BCUT2D eigenvalue weighted by Crippen LogP contribution is 2.24. The Kier molecular flexibility index (Phi) is 3.75. The molecule has 2 nitrogen and oxygen atoms in total. The number of hydrogen-bond donors (Lipinski definition) is 1. The molecule has 1 rings (SSSR count). The van der Waals surface area contributed by atoms with Crippen LogP contribution in [0.2, 0.25) is 0 Å². The van der Waals surface area contributed by atoms with Gasteiger partial charge in [0.1, 0.15) is 11.4 Å². The summed E-state index contributed by atoms with van der Waals surface area (Å²) in [6.07, 6.45) is 0.914. The van der Waals surface area contributed by atoms with Crippen molar-refractivity contribution in [2.24, 2.45) is 5.73 Å². The van der Waals surface area contributed by atoms with E-state index < -0.39 is 0 Å². The average Bonchev–Trinajstić information content (AvgIpc) is 2.22. The molecule has 15 heavy (non-hydrogen) atoms. The van der Waals surface area contributed by atoms with Crippen molar-refractivity contribution in [2.45, 2.75) is 39.7 Å². The molecule has 0 fully saturated rings. The molecule has 0 aliphatic carbocycles. The van der Waals surface area contributed by atoms with E-state index >= 15 is 0 Å². The summed E-state index contributed by atoms with van der Waals surface area (Å²) >= 11 is 0. The average molecular weight is 207 g/mol. The molecule has 0 aliphatic heterocycles. The minimum absolute atomic E-state index is 0.250. The van der Waals surface area contributed by atoms with Gasteiger partial charge < -0.3 is 10.5 Å². The second kappa shape index (κ2) is 4.67. The number of hydrogen-bond acceptors (Lipinski definition) is 2. The van der Waals surface area contributed by atoms with E-state index in [9.17, 15) is 0 Å². The van der Waals surface area contributed by atoms with Crippen molar-refractivity contribution in [1.82, 2.24) is 0 Å². The number of benzene rings is 1. The van der Waals surface area contributed by atoms with Gasteiger partial charge in [-0.3, -0.25) is 0 Å². The van der Waals surface area contributed by atoms with Crippen LogP contribution in [0, 0.1) is 13.8 Å². The topological polar surface area (TPSA) is 35.2 Å². The molecule has 1 atom stereocenters. The molecule has 0 aromatic heterocycles. The fourth-order valence-electron chi connectivity index (χ4n) is 1.44. The molecule has 0 spiro atoms. The maximum Gasteiger partial charge on any atom is 0.123 e. The lowest BCUT2D eigenvalue weighted by molar-refractivity contribution is 0.0926. The Morgan fingerprint density at radius 3 is 2.47 bits per heavy atom. The van der Waals surface area contributed by atoms with E-state index in [1.54, 1.807) is 0 Å². The van der Waals surface area contributed by atoms with Gasteiger partial charge in [0.2, 0.25) is 0 Å². The molecule has 0 saturated carbocycles. The monoisotopic (exact) mass is 207 g/mol. The molecular weight excluding hydrogens is 186 g/mol. The van der Waals surface area contributed by atoms with Crippen molar-refractivity contribution in [3.8, 4) is 5.75 Å². The fraction of sp³-hybridized carbons (Fsp3) is 0.538. The second-order valence-corrected chi connectivity index (χ2v) is 4.38. The lowest BCUT2D eigenvalue weighted by Crippen LogP contribution is -2.40. The van der Waals surface area contributed by atoms with E-state index in [2.05, 4.69) is 32.9 Å². The maximum atomic E-state index is 5.96. The summed E-state index contributed by atoms with van der Waals surface area (Å²) in [7, 11) is 0. The van der Waals surface area contributed by atoms with Crippen LogP contribution in [0.4, 0.5) is 0 Å². The Labute approximate surface area is 92.4 Å². The van der Waals surface area contributed by atoms with Crippen molar-refractivity contribution >= 4 is 0 Å². The van der Waals surface area contributed by atoms with E-state index in [0.29, 0.717) is 6.54 Å². The SMILES string of the molecule is CCC(C)(CN)Oc1ccc(C)cc1C. The first-order valence-corrected chi connectivity index (χ1v) is 5.47. The first kappa shape index (κ1) is 12.1. The Morgan fingerprint density at radius 1 is 1.33 bits per heavy atom. The molecule has 2 heteroatoms. The zero-order chi connectivity index (χ0) is 11.5. The molecule has 1 aromatic rings. The van der Waals surface area contributed by atoms with Crippen molar-refractivity contribution in [3.63, 3.8) is 0 Å². The van der Waals surface area contributed by atoms with E-state index in [1.807, 2.05) is 13.0 Å². The zero-order valence-electron chi connectivity index (χ0n) is 10.1.